The predicted octanol–water partition coefficient (Wildman–Crippen LogP) is 2.95. The molecule has 0 aromatic heterocycles. The molecule has 1 aromatic rings. The van der Waals surface area contributed by atoms with Crippen molar-refractivity contribution < 1.29 is 9.53 Å². The third kappa shape index (κ3) is 3.99. The van der Waals surface area contributed by atoms with Crippen LogP contribution in [0.3, 0.4) is 0 Å². The summed E-state index contributed by atoms with van der Waals surface area (Å²) in [5, 5.41) is 8.91. The Labute approximate surface area is 113 Å². The van der Waals surface area contributed by atoms with E-state index in [2.05, 4.69) is 6.07 Å². The van der Waals surface area contributed by atoms with E-state index in [9.17, 15) is 4.79 Å². The molecule has 1 saturated heterocycles. The molecule has 0 spiro atoms. The number of benzene rings is 1. The Hall–Kier alpha value is -2.02. The van der Waals surface area contributed by atoms with E-state index in [1.54, 1.807) is 4.90 Å². The van der Waals surface area contributed by atoms with E-state index in [0.29, 0.717) is 19.7 Å². The van der Waals surface area contributed by atoms with Gasteiger partial charge in [0, 0.05) is 19.0 Å². The molecule has 0 unspecified atom stereocenters. The first-order valence-electron chi connectivity index (χ1n) is 6.65. The van der Waals surface area contributed by atoms with Crippen molar-refractivity contribution in [3.05, 3.63) is 35.9 Å². The number of carbonyl (C=O) groups excluding carboxylic acids is 1. The fourth-order valence-electron chi connectivity index (χ4n) is 2.22. The van der Waals surface area contributed by atoms with E-state index in [1.807, 2.05) is 30.3 Å². The smallest absolute Gasteiger partial charge is 0.410 e. The van der Waals surface area contributed by atoms with Gasteiger partial charge in [-0.25, -0.2) is 4.79 Å². The number of hydrogen-bond acceptors (Lipinski definition) is 3. The highest BCUT2D eigenvalue weighted by Crippen LogP contribution is 2.17. The normalized spacial score (nSPS) is 19.3. The zero-order valence-corrected chi connectivity index (χ0v) is 10.9. The van der Waals surface area contributed by atoms with Crippen LogP contribution in [0.25, 0.3) is 0 Å². The Kier molecular flexibility index (Phi) is 4.79. The summed E-state index contributed by atoms with van der Waals surface area (Å²) in [7, 11) is 0. The molecule has 4 nitrogen and oxygen atoms in total. The molecule has 1 aliphatic heterocycles. The molecule has 19 heavy (non-hydrogen) atoms. The van der Waals surface area contributed by atoms with Crippen molar-refractivity contribution in [3.8, 4) is 6.07 Å². The standard InChI is InChI=1S/C15H18N2O2/c16-11-13-7-4-9-17(10-8-13)15(18)19-12-14-5-2-1-3-6-14/h1-3,5-6,13H,4,7-10,12H2/t13-/m1/s1. The number of carbonyl (C=O) groups is 1. The van der Waals surface area contributed by atoms with Crippen molar-refractivity contribution in [2.24, 2.45) is 5.92 Å². The summed E-state index contributed by atoms with van der Waals surface area (Å²) in [5.74, 6) is 0.0759. The van der Waals surface area contributed by atoms with Crippen LogP contribution in [0.4, 0.5) is 4.79 Å². The summed E-state index contributed by atoms with van der Waals surface area (Å²) >= 11 is 0. The Balaban J connectivity index is 1.81. The van der Waals surface area contributed by atoms with Gasteiger partial charge in [-0.2, -0.15) is 5.26 Å². The number of ether oxygens (including phenoxy) is 1. The van der Waals surface area contributed by atoms with Crippen LogP contribution in [0.15, 0.2) is 30.3 Å². The fourth-order valence-corrected chi connectivity index (χ4v) is 2.22. The van der Waals surface area contributed by atoms with E-state index in [0.717, 1.165) is 24.8 Å². The van der Waals surface area contributed by atoms with E-state index in [-0.39, 0.29) is 12.0 Å². The van der Waals surface area contributed by atoms with Crippen molar-refractivity contribution >= 4 is 6.09 Å². The average molecular weight is 258 g/mol. The Bertz CT molecular complexity index is 453. The summed E-state index contributed by atoms with van der Waals surface area (Å²) in [6.07, 6.45) is 2.22. The van der Waals surface area contributed by atoms with Crippen molar-refractivity contribution in [2.45, 2.75) is 25.9 Å². The van der Waals surface area contributed by atoms with Gasteiger partial charge < -0.3 is 9.64 Å². The summed E-state index contributed by atoms with van der Waals surface area (Å²) in [4.78, 5) is 13.6. The maximum absolute atomic E-state index is 11.9. The summed E-state index contributed by atoms with van der Waals surface area (Å²) in [5.41, 5.74) is 0.987. The maximum atomic E-state index is 11.9. The molecule has 0 radical (unpaired) electrons. The van der Waals surface area contributed by atoms with Crippen molar-refractivity contribution in [1.82, 2.24) is 4.90 Å². The van der Waals surface area contributed by atoms with E-state index in [1.165, 1.54) is 0 Å². The number of likely N-dealkylation sites (tertiary alicyclic amines) is 1. The van der Waals surface area contributed by atoms with Crippen LogP contribution in [0.5, 0.6) is 0 Å². The van der Waals surface area contributed by atoms with Gasteiger partial charge in [-0.15, -0.1) is 0 Å². The van der Waals surface area contributed by atoms with Crippen LogP contribution >= 0.6 is 0 Å². The van der Waals surface area contributed by atoms with Crippen LogP contribution in [0, 0.1) is 17.2 Å². The zero-order valence-electron chi connectivity index (χ0n) is 10.9. The lowest BCUT2D eigenvalue weighted by molar-refractivity contribution is 0.0972. The molecule has 1 atom stereocenters. The lowest BCUT2D eigenvalue weighted by atomic mass is 10.0. The molecule has 1 amide bonds. The molecule has 1 aromatic carbocycles. The lowest BCUT2D eigenvalue weighted by Crippen LogP contribution is -2.32. The van der Waals surface area contributed by atoms with Crippen molar-refractivity contribution in [1.29, 1.82) is 5.26 Å². The van der Waals surface area contributed by atoms with Gasteiger partial charge in [0.1, 0.15) is 6.61 Å². The van der Waals surface area contributed by atoms with E-state index in [4.69, 9.17) is 10.00 Å². The summed E-state index contributed by atoms with van der Waals surface area (Å²) in [6.45, 7) is 1.61. The van der Waals surface area contributed by atoms with Gasteiger partial charge >= 0.3 is 6.09 Å². The summed E-state index contributed by atoms with van der Waals surface area (Å²) < 4.78 is 5.30. The molecule has 0 bridgehead atoms. The van der Waals surface area contributed by atoms with Gasteiger partial charge in [-0.1, -0.05) is 30.3 Å². The molecule has 100 valence electrons. The Morgan fingerprint density at radius 1 is 1.32 bits per heavy atom. The molecule has 0 aliphatic carbocycles. The summed E-state index contributed by atoms with van der Waals surface area (Å²) in [6, 6.07) is 11.9. The van der Waals surface area contributed by atoms with Gasteiger partial charge in [0.25, 0.3) is 0 Å². The third-order valence-corrected chi connectivity index (χ3v) is 3.37. The highest BCUT2D eigenvalue weighted by atomic mass is 16.6. The van der Waals surface area contributed by atoms with Gasteiger partial charge in [-0.3, -0.25) is 0 Å². The number of amides is 1. The van der Waals surface area contributed by atoms with E-state index >= 15 is 0 Å². The first-order valence-corrected chi connectivity index (χ1v) is 6.65. The minimum atomic E-state index is -0.276. The minimum Gasteiger partial charge on any atom is -0.445 e. The molecule has 1 aliphatic rings. The van der Waals surface area contributed by atoms with Gasteiger partial charge in [0.15, 0.2) is 0 Å². The monoisotopic (exact) mass is 258 g/mol. The first-order chi connectivity index (χ1) is 9.29. The van der Waals surface area contributed by atoms with Gasteiger partial charge in [0.2, 0.25) is 0 Å². The Morgan fingerprint density at radius 3 is 2.84 bits per heavy atom. The molecule has 1 heterocycles. The molecule has 1 fully saturated rings. The predicted molar refractivity (Wildman–Crippen MR) is 71.2 cm³/mol. The second-order valence-electron chi connectivity index (χ2n) is 4.78. The van der Waals surface area contributed by atoms with Crippen LogP contribution in [0.1, 0.15) is 24.8 Å². The molecule has 0 saturated carbocycles. The topological polar surface area (TPSA) is 53.3 Å². The molecular formula is C15H18N2O2. The fraction of sp³-hybridized carbons (Fsp3) is 0.467. The molecule has 0 N–H and O–H groups in total. The highest BCUT2D eigenvalue weighted by Gasteiger charge is 2.21. The van der Waals surface area contributed by atoms with Crippen LogP contribution in [0.2, 0.25) is 0 Å². The molecule has 2 rings (SSSR count). The van der Waals surface area contributed by atoms with Crippen molar-refractivity contribution in [2.75, 3.05) is 13.1 Å². The van der Waals surface area contributed by atoms with Crippen molar-refractivity contribution in [3.63, 3.8) is 0 Å². The SMILES string of the molecule is N#C[C@@H]1CCCN(C(=O)OCc2ccccc2)CC1. The Morgan fingerprint density at radius 2 is 2.11 bits per heavy atom. The van der Waals surface area contributed by atoms with E-state index < -0.39 is 0 Å². The number of nitriles is 1. The largest absolute Gasteiger partial charge is 0.445 e. The lowest BCUT2D eigenvalue weighted by Gasteiger charge is -2.19. The maximum Gasteiger partial charge on any atom is 0.410 e. The first kappa shape index (κ1) is 13.4. The molecule has 4 heteroatoms. The number of nitrogens with zero attached hydrogens (tertiary/aromatic N) is 2. The zero-order chi connectivity index (χ0) is 13.5. The second-order valence-corrected chi connectivity index (χ2v) is 4.78. The van der Waals surface area contributed by atoms with Gasteiger partial charge in [-0.05, 0) is 24.8 Å². The number of rotatable bonds is 2. The second kappa shape index (κ2) is 6.79. The third-order valence-electron chi connectivity index (χ3n) is 3.37. The minimum absolute atomic E-state index is 0.0759. The highest BCUT2D eigenvalue weighted by molar-refractivity contribution is 5.67. The molecular weight excluding hydrogens is 240 g/mol. The van der Waals surface area contributed by atoms with Crippen LogP contribution in [-0.4, -0.2) is 24.1 Å². The quantitative estimate of drug-likeness (QED) is 0.819. The number of hydrogen-bond donors (Lipinski definition) is 0. The van der Waals surface area contributed by atoms with Crippen LogP contribution < -0.4 is 0 Å². The van der Waals surface area contributed by atoms with Crippen LogP contribution in [-0.2, 0) is 11.3 Å². The average Bonchev–Trinajstić information content (AvgIpc) is 2.71. The van der Waals surface area contributed by atoms with Gasteiger partial charge in [0.05, 0.1) is 6.07 Å².